The number of hydrogen-bond acceptors (Lipinski definition) is 3. The molecule has 0 aliphatic heterocycles. The number of hydrogen-bond donors (Lipinski definition) is 0. The molecule has 0 unspecified atom stereocenters. The highest BCUT2D eigenvalue weighted by atomic mass is 16.2. The molecular formula is C18H24N4O. The predicted octanol–water partition coefficient (Wildman–Crippen LogP) is 2.62. The third kappa shape index (κ3) is 3.44. The Labute approximate surface area is 137 Å². The first kappa shape index (κ1) is 15.7. The van der Waals surface area contributed by atoms with Crippen LogP contribution >= 0.6 is 0 Å². The lowest BCUT2D eigenvalue weighted by Gasteiger charge is -2.20. The maximum absolute atomic E-state index is 12.5. The van der Waals surface area contributed by atoms with Crippen molar-refractivity contribution in [3.05, 3.63) is 47.5 Å². The molecule has 122 valence electrons. The van der Waals surface area contributed by atoms with Crippen molar-refractivity contribution >= 4 is 5.91 Å². The van der Waals surface area contributed by atoms with Crippen molar-refractivity contribution in [1.29, 1.82) is 0 Å². The summed E-state index contributed by atoms with van der Waals surface area (Å²) >= 11 is 0. The van der Waals surface area contributed by atoms with Gasteiger partial charge in [-0.2, -0.15) is 0 Å². The summed E-state index contributed by atoms with van der Waals surface area (Å²) in [6.45, 7) is 4.69. The van der Waals surface area contributed by atoms with E-state index in [0.29, 0.717) is 24.9 Å². The molecule has 0 N–H and O–H groups in total. The van der Waals surface area contributed by atoms with Gasteiger partial charge >= 0.3 is 0 Å². The van der Waals surface area contributed by atoms with Crippen molar-refractivity contribution in [1.82, 2.24) is 19.7 Å². The second-order valence-electron chi connectivity index (χ2n) is 6.75. The van der Waals surface area contributed by atoms with E-state index in [1.165, 1.54) is 11.1 Å². The zero-order valence-corrected chi connectivity index (χ0v) is 14.1. The Balaban J connectivity index is 1.58. The Morgan fingerprint density at radius 3 is 2.57 bits per heavy atom. The lowest BCUT2D eigenvalue weighted by molar-refractivity contribution is -0.131. The van der Waals surface area contributed by atoms with Gasteiger partial charge in [0.25, 0.3) is 0 Å². The summed E-state index contributed by atoms with van der Waals surface area (Å²) in [5.41, 5.74) is 2.79. The van der Waals surface area contributed by atoms with Crippen LogP contribution in [0.4, 0.5) is 0 Å². The molecule has 1 aromatic carbocycles. The van der Waals surface area contributed by atoms with Gasteiger partial charge in [0.2, 0.25) is 5.91 Å². The molecule has 0 saturated carbocycles. The average Bonchev–Trinajstić information content (AvgIpc) is 3.12. The first-order valence-corrected chi connectivity index (χ1v) is 8.23. The van der Waals surface area contributed by atoms with Crippen LogP contribution in [0.3, 0.4) is 0 Å². The van der Waals surface area contributed by atoms with Crippen LogP contribution in [0.1, 0.15) is 43.3 Å². The summed E-state index contributed by atoms with van der Waals surface area (Å²) in [5.74, 6) is 1.44. The minimum absolute atomic E-state index is 0.182. The highest BCUT2D eigenvalue weighted by Crippen LogP contribution is 2.29. The molecular weight excluding hydrogens is 288 g/mol. The van der Waals surface area contributed by atoms with E-state index >= 15 is 0 Å². The summed E-state index contributed by atoms with van der Waals surface area (Å²) in [6.07, 6.45) is 4.35. The monoisotopic (exact) mass is 312 g/mol. The minimum Gasteiger partial charge on any atom is -0.338 e. The third-order valence-corrected chi connectivity index (χ3v) is 4.61. The molecule has 2 aromatic rings. The highest BCUT2D eigenvalue weighted by molar-refractivity contribution is 5.76. The van der Waals surface area contributed by atoms with Crippen LogP contribution < -0.4 is 0 Å². The Bertz CT molecular complexity index is 667. The fraction of sp³-hybridized carbons (Fsp3) is 0.500. The summed E-state index contributed by atoms with van der Waals surface area (Å²) in [4.78, 5) is 14.3. The van der Waals surface area contributed by atoms with Crippen molar-refractivity contribution in [3.63, 3.8) is 0 Å². The van der Waals surface area contributed by atoms with Crippen LogP contribution in [-0.2, 0) is 24.2 Å². The number of fused-ring (bicyclic) bond motifs is 1. The molecule has 5 nitrogen and oxygen atoms in total. The smallest absolute Gasteiger partial charge is 0.223 e. The highest BCUT2D eigenvalue weighted by Gasteiger charge is 2.25. The fourth-order valence-electron chi connectivity index (χ4n) is 3.31. The molecule has 1 aromatic heterocycles. The van der Waals surface area contributed by atoms with Crippen molar-refractivity contribution in [2.75, 3.05) is 7.05 Å². The second kappa shape index (κ2) is 6.52. The molecule has 0 radical (unpaired) electrons. The lowest BCUT2D eigenvalue weighted by Crippen LogP contribution is -2.29. The van der Waals surface area contributed by atoms with Gasteiger partial charge in [0.15, 0.2) is 5.82 Å². The second-order valence-corrected chi connectivity index (χ2v) is 6.75. The van der Waals surface area contributed by atoms with Crippen LogP contribution in [0.5, 0.6) is 0 Å². The van der Waals surface area contributed by atoms with Crippen LogP contribution in [0, 0.1) is 5.92 Å². The summed E-state index contributed by atoms with van der Waals surface area (Å²) in [5, 5.41) is 8.10. The zero-order valence-electron chi connectivity index (χ0n) is 14.1. The molecule has 3 rings (SSSR count). The number of nitrogens with zero attached hydrogens (tertiary/aromatic N) is 4. The van der Waals surface area contributed by atoms with E-state index in [9.17, 15) is 4.79 Å². The Morgan fingerprint density at radius 2 is 1.96 bits per heavy atom. The standard InChI is InChI=1S/C18H24N4O/c1-13(2)22-12-19-20-17(22)11-21(3)18(23)10-14-8-15-6-4-5-7-16(15)9-14/h4-7,12-14H,8-11H2,1-3H3. The maximum atomic E-state index is 12.5. The quantitative estimate of drug-likeness (QED) is 0.853. The normalized spacial score (nSPS) is 14.3. The lowest BCUT2D eigenvalue weighted by atomic mass is 10.0. The number of benzene rings is 1. The van der Waals surface area contributed by atoms with Crippen molar-refractivity contribution < 1.29 is 4.79 Å². The van der Waals surface area contributed by atoms with Gasteiger partial charge in [0.05, 0.1) is 6.54 Å². The Hall–Kier alpha value is -2.17. The average molecular weight is 312 g/mol. The fourth-order valence-corrected chi connectivity index (χ4v) is 3.31. The van der Waals surface area contributed by atoms with Gasteiger partial charge in [0.1, 0.15) is 6.33 Å². The summed E-state index contributed by atoms with van der Waals surface area (Å²) in [7, 11) is 1.85. The van der Waals surface area contributed by atoms with Crippen molar-refractivity contribution in [2.45, 2.75) is 45.7 Å². The van der Waals surface area contributed by atoms with E-state index in [1.807, 2.05) is 11.6 Å². The number of amides is 1. The van der Waals surface area contributed by atoms with Gasteiger partial charge in [0, 0.05) is 19.5 Å². The van der Waals surface area contributed by atoms with E-state index in [-0.39, 0.29) is 5.91 Å². The van der Waals surface area contributed by atoms with E-state index in [0.717, 1.165) is 18.7 Å². The van der Waals surface area contributed by atoms with Crippen molar-refractivity contribution in [2.24, 2.45) is 5.92 Å². The molecule has 0 bridgehead atoms. The molecule has 23 heavy (non-hydrogen) atoms. The topological polar surface area (TPSA) is 51.0 Å². The number of carbonyl (C=O) groups is 1. The molecule has 1 aliphatic carbocycles. The van der Waals surface area contributed by atoms with Crippen LogP contribution in [0.25, 0.3) is 0 Å². The van der Waals surface area contributed by atoms with E-state index in [2.05, 4.69) is 48.3 Å². The van der Waals surface area contributed by atoms with Crippen LogP contribution in [0.2, 0.25) is 0 Å². The first-order valence-electron chi connectivity index (χ1n) is 8.23. The molecule has 0 atom stereocenters. The van der Waals surface area contributed by atoms with E-state index in [4.69, 9.17) is 0 Å². The molecule has 1 aliphatic rings. The van der Waals surface area contributed by atoms with Gasteiger partial charge in [-0.15, -0.1) is 10.2 Å². The van der Waals surface area contributed by atoms with Crippen molar-refractivity contribution in [3.8, 4) is 0 Å². The van der Waals surface area contributed by atoms with Gasteiger partial charge in [-0.05, 0) is 43.7 Å². The minimum atomic E-state index is 0.182. The van der Waals surface area contributed by atoms with Crippen LogP contribution in [0.15, 0.2) is 30.6 Å². The number of aromatic nitrogens is 3. The van der Waals surface area contributed by atoms with Gasteiger partial charge < -0.3 is 9.47 Å². The Morgan fingerprint density at radius 1 is 1.30 bits per heavy atom. The largest absolute Gasteiger partial charge is 0.338 e. The molecule has 5 heteroatoms. The first-order chi connectivity index (χ1) is 11.0. The molecule has 0 spiro atoms. The van der Waals surface area contributed by atoms with E-state index in [1.54, 1.807) is 11.2 Å². The van der Waals surface area contributed by atoms with Gasteiger partial charge in [-0.1, -0.05) is 24.3 Å². The number of carbonyl (C=O) groups excluding carboxylic acids is 1. The third-order valence-electron chi connectivity index (χ3n) is 4.61. The molecule has 0 saturated heterocycles. The predicted molar refractivity (Wildman–Crippen MR) is 88.8 cm³/mol. The maximum Gasteiger partial charge on any atom is 0.223 e. The SMILES string of the molecule is CC(C)n1cnnc1CN(C)C(=O)CC1Cc2ccccc2C1. The zero-order chi connectivity index (χ0) is 16.4. The van der Waals surface area contributed by atoms with Crippen LogP contribution in [-0.4, -0.2) is 32.6 Å². The number of rotatable bonds is 5. The Kier molecular flexibility index (Phi) is 4.46. The summed E-state index contributed by atoms with van der Waals surface area (Å²) in [6, 6.07) is 8.80. The van der Waals surface area contributed by atoms with E-state index < -0.39 is 0 Å². The molecule has 1 heterocycles. The van der Waals surface area contributed by atoms with Gasteiger partial charge in [-0.25, -0.2) is 0 Å². The molecule has 0 fully saturated rings. The molecule has 1 amide bonds. The summed E-state index contributed by atoms with van der Waals surface area (Å²) < 4.78 is 2.01. The van der Waals surface area contributed by atoms with Gasteiger partial charge in [-0.3, -0.25) is 4.79 Å².